The van der Waals surface area contributed by atoms with Crippen molar-refractivity contribution in [2.45, 2.75) is 6.92 Å². The molecule has 3 heteroatoms. The summed E-state index contributed by atoms with van der Waals surface area (Å²) in [5, 5.41) is 3.79. The van der Waals surface area contributed by atoms with Gasteiger partial charge in [-0.15, -0.1) is 0 Å². The van der Waals surface area contributed by atoms with Crippen LogP contribution in [0, 0.1) is 0 Å². The Morgan fingerprint density at radius 1 is 1.55 bits per heavy atom. The second-order valence-corrected chi connectivity index (χ2v) is 2.68. The van der Waals surface area contributed by atoms with Crippen LogP contribution in [0.15, 0.2) is 18.2 Å². The minimum absolute atomic E-state index is 0.673. The van der Waals surface area contributed by atoms with Crippen LogP contribution in [0.4, 0.5) is 11.4 Å². The SMILES string of the molecule is CCNc1ccc(N)cc1Cl. The number of hydrogen-bond donors (Lipinski definition) is 2. The standard InChI is InChI=1S/C8H11ClN2/c1-2-11-8-4-3-6(10)5-7(8)9/h3-5,11H,2,10H2,1H3. The largest absolute Gasteiger partial charge is 0.399 e. The van der Waals surface area contributed by atoms with E-state index in [1.807, 2.05) is 19.1 Å². The lowest BCUT2D eigenvalue weighted by atomic mass is 10.3. The third kappa shape index (κ3) is 2.02. The molecule has 0 unspecified atom stereocenters. The first-order chi connectivity index (χ1) is 5.24. The molecule has 0 bridgehead atoms. The maximum absolute atomic E-state index is 5.87. The Balaban J connectivity index is 2.90. The summed E-state index contributed by atoms with van der Waals surface area (Å²) in [6.45, 7) is 2.89. The van der Waals surface area contributed by atoms with E-state index in [1.54, 1.807) is 6.07 Å². The van der Waals surface area contributed by atoms with Gasteiger partial charge in [-0.3, -0.25) is 0 Å². The number of nitrogen functional groups attached to an aromatic ring is 1. The van der Waals surface area contributed by atoms with Crippen LogP contribution in [0.3, 0.4) is 0 Å². The molecule has 0 aliphatic carbocycles. The van der Waals surface area contributed by atoms with Gasteiger partial charge in [0.2, 0.25) is 0 Å². The lowest BCUT2D eigenvalue weighted by Gasteiger charge is -2.05. The highest BCUT2D eigenvalue weighted by Gasteiger charge is 1.96. The van der Waals surface area contributed by atoms with Gasteiger partial charge in [0, 0.05) is 12.2 Å². The minimum Gasteiger partial charge on any atom is -0.399 e. The number of benzene rings is 1. The molecule has 0 radical (unpaired) electrons. The van der Waals surface area contributed by atoms with Crippen LogP contribution in [-0.4, -0.2) is 6.54 Å². The van der Waals surface area contributed by atoms with Gasteiger partial charge in [-0.05, 0) is 25.1 Å². The zero-order valence-electron chi connectivity index (χ0n) is 6.39. The van der Waals surface area contributed by atoms with E-state index in [4.69, 9.17) is 17.3 Å². The Kier molecular flexibility index (Phi) is 2.60. The summed E-state index contributed by atoms with van der Waals surface area (Å²) in [6, 6.07) is 5.44. The minimum atomic E-state index is 0.673. The number of hydrogen-bond acceptors (Lipinski definition) is 2. The molecule has 0 aliphatic heterocycles. The van der Waals surface area contributed by atoms with Crippen molar-refractivity contribution in [3.63, 3.8) is 0 Å². The van der Waals surface area contributed by atoms with E-state index in [-0.39, 0.29) is 0 Å². The zero-order chi connectivity index (χ0) is 8.27. The molecule has 0 aromatic heterocycles. The van der Waals surface area contributed by atoms with Crippen LogP contribution in [0.5, 0.6) is 0 Å². The van der Waals surface area contributed by atoms with E-state index in [0.29, 0.717) is 10.7 Å². The van der Waals surface area contributed by atoms with E-state index in [1.165, 1.54) is 0 Å². The molecule has 1 rings (SSSR count). The monoisotopic (exact) mass is 170 g/mol. The van der Waals surface area contributed by atoms with Crippen molar-refractivity contribution in [1.82, 2.24) is 0 Å². The molecule has 2 nitrogen and oxygen atoms in total. The Labute approximate surface area is 71.4 Å². The molecule has 0 atom stereocenters. The quantitative estimate of drug-likeness (QED) is 0.669. The van der Waals surface area contributed by atoms with Crippen molar-refractivity contribution in [3.05, 3.63) is 23.2 Å². The topological polar surface area (TPSA) is 38.0 Å². The fourth-order valence-electron chi connectivity index (χ4n) is 0.865. The first-order valence-electron chi connectivity index (χ1n) is 3.53. The fourth-order valence-corrected chi connectivity index (χ4v) is 1.12. The predicted octanol–water partition coefficient (Wildman–Crippen LogP) is 2.35. The third-order valence-electron chi connectivity index (χ3n) is 1.36. The number of nitrogens with one attached hydrogen (secondary N) is 1. The van der Waals surface area contributed by atoms with Crippen molar-refractivity contribution < 1.29 is 0 Å². The number of anilines is 2. The lowest BCUT2D eigenvalue weighted by molar-refractivity contribution is 1.21. The molecule has 60 valence electrons. The van der Waals surface area contributed by atoms with Gasteiger partial charge < -0.3 is 11.1 Å². The molecule has 0 fully saturated rings. The van der Waals surface area contributed by atoms with Crippen molar-refractivity contribution in [1.29, 1.82) is 0 Å². The van der Waals surface area contributed by atoms with Gasteiger partial charge in [0.1, 0.15) is 0 Å². The number of rotatable bonds is 2. The van der Waals surface area contributed by atoms with E-state index < -0.39 is 0 Å². The van der Waals surface area contributed by atoms with Gasteiger partial charge in [0.05, 0.1) is 10.7 Å². The normalized spacial score (nSPS) is 9.64. The van der Waals surface area contributed by atoms with Crippen LogP contribution in [0.25, 0.3) is 0 Å². The molecule has 0 aliphatic rings. The maximum Gasteiger partial charge on any atom is 0.0657 e. The summed E-state index contributed by atoms with van der Waals surface area (Å²) in [4.78, 5) is 0. The molecular formula is C8H11ClN2. The van der Waals surface area contributed by atoms with Gasteiger partial charge in [0.15, 0.2) is 0 Å². The second-order valence-electron chi connectivity index (χ2n) is 2.27. The molecule has 0 amide bonds. The van der Waals surface area contributed by atoms with Gasteiger partial charge >= 0.3 is 0 Å². The van der Waals surface area contributed by atoms with Crippen LogP contribution in [0.1, 0.15) is 6.92 Å². The summed E-state index contributed by atoms with van der Waals surface area (Å²) in [5.41, 5.74) is 7.14. The summed E-state index contributed by atoms with van der Waals surface area (Å²) in [6.07, 6.45) is 0. The van der Waals surface area contributed by atoms with E-state index in [9.17, 15) is 0 Å². The molecule has 0 spiro atoms. The second kappa shape index (κ2) is 3.49. The zero-order valence-corrected chi connectivity index (χ0v) is 7.15. The smallest absolute Gasteiger partial charge is 0.0657 e. The van der Waals surface area contributed by atoms with Gasteiger partial charge in [0.25, 0.3) is 0 Å². The molecule has 3 N–H and O–H groups in total. The maximum atomic E-state index is 5.87. The van der Waals surface area contributed by atoms with Crippen LogP contribution >= 0.6 is 11.6 Å². The predicted molar refractivity (Wildman–Crippen MR) is 50.0 cm³/mol. The van der Waals surface area contributed by atoms with Crippen molar-refractivity contribution >= 4 is 23.0 Å². The highest BCUT2D eigenvalue weighted by Crippen LogP contribution is 2.23. The fraction of sp³-hybridized carbons (Fsp3) is 0.250. The summed E-state index contributed by atoms with van der Waals surface area (Å²) >= 11 is 5.87. The Hall–Kier alpha value is -0.890. The van der Waals surface area contributed by atoms with Crippen molar-refractivity contribution in [3.8, 4) is 0 Å². The van der Waals surface area contributed by atoms with Crippen molar-refractivity contribution in [2.75, 3.05) is 17.6 Å². The van der Waals surface area contributed by atoms with E-state index in [0.717, 1.165) is 12.2 Å². The van der Waals surface area contributed by atoms with Crippen LogP contribution in [-0.2, 0) is 0 Å². The van der Waals surface area contributed by atoms with Gasteiger partial charge in [-0.1, -0.05) is 11.6 Å². The van der Waals surface area contributed by atoms with Crippen LogP contribution < -0.4 is 11.1 Å². The molecular weight excluding hydrogens is 160 g/mol. The third-order valence-corrected chi connectivity index (χ3v) is 1.67. The molecule has 0 saturated heterocycles. The van der Waals surface area contributed by atoms with Crippen LogP contribution in [0.2, 0.25) is 5.02 Å². The van der Waals surface area contributed by atoms with Gasteiger partial charge in [-0.25, -0.2) is 0 Å². The van der Waals surface area contributed by atoms with E-state index >= 15 is 0 Å². The summed E-state index contributed by atoms with van der Waals surface area (Å²) < 4.78 is 0. The molecule has 1 aromatic carbocycles. The molecule has 11 heavy (non-hydrogen) atoms. The van der Waals surface area contributed by atoms with E-state index in [2.05, 4.69) is 5.32 Å². The molecule has 0 saturated carbocycles. The van der Waals surface area contributed by atoms with Gasteiger partial charge in [-0.2, -0.15) is 0 Å². The summed E-state index contributed by atoms with van der Waals surface area (Å²) in [7, 11) is 0. The first kappa shape index (κ1) is 8.21. The summed E-state index contributed by atoms with van der Waals surface area (Å²) in [5.74, 6) is 0. The molecule has 0 heterocycles. The average Bonchev–Trinajstić information content (AvgIpc) is 1.95. The lowest BCUT2D eigenvalue weighted by Crippen LogP contribution is -1.97. The molecule has 1 aromatic rings. The first-order valence-corrected chi connectivity index (χ1v) is 3.90. The average molecular weight is 171 g/mol. The Morgan fingerprint density at radius 2 is 2.27 bits per heavy atom. The number of halogens is 1. The highest BCUT2D eigenvalue weighted by molar-refractivity contribution is 6.33. The number of nitrogens with two attached hydrogens (primary N) is 1. The Morgan fingerprint density at radius 3 is 2.82 bits per heavy atom. The van der Waals surface area contributed by atoms with Crippen molar-refractivity contribution in [2.24, 2.45) is 0 Å². The Bertz CT molecular complexity index is 248. The highest BCUT2D eigenvalue weighted by atomic mass is 35.5.